The van der Waals surface area contributed by atoms with Crippen molar-refractivity contribution in [2.45, 2.75) is 19.8 Å². The second-order valence-electron chi connectivity index (χ2n) is 3.01. The molecule has 82 valence electrons. The van der Waals surface area contributed by atoms with Crippen LogP contribution in [0.5, 0.6) is 5.75 Å². The lowest BCUT2D eigenvalue weighted by Gasteiger charge is -2.07. The summed E-state index contributed by atoms with van der Waals surface area (Å²) in [4.78, 5) is 16.0. The van der Waals surface area contributed by atoms with Crippen LogP contribution in [0.15, 0.2) is 30.3 Å². The number of ether oxygens (including phenoxy) is 1. The molecule has 0 saturated carbocycles. The lowest BCUT2D eigenvalue weighted by Crippen LogP contribution is -2.27. The van der Waals surface area contributed by atoms with Gasteiger partial charge in [-0.05, 0) is 18.6 Å². The largest absolute Gasteiger partial charge is 0.447 e. The summed E-state index contributed by atoms with van der Waals surface area (Å²) >= 11 is 0. The van der Waals surface area contributed by atoms with Gasteiger partial charge in [0, 0.05) is 0 Å². The van der Waals surface area contributed by atoms with E-state index in [4.69, 9.17) is 9.57 Å². The summed E-state index contributed by atoms with van der Waals surface area (Å²) < 4.78 is 4.83. The molecule has 1 aromatic rings. The van der Waals surface area contributed by atoms with Crippen LogP contribution in [-0.4, -0.2) is 12.7 Å². The molecule has 4 nitrogen and oxygen atoms in total. The summed E-state index contributed by atoms with van der Waals surface area (Å²) in [6.07, 6.45) is 1.29. The summed E-state index contributed by atoms with van der Waals surface area (Å²) in [7, 11) is 0. The average molecular weight is 209 g/mol. The van der Waals surface area contributed by atoms with Crippen LogP contribution in [0.2, 0.25) is 0 Å². The maximum Gasteiger partial charge on any atom is 0.440 e. The summed E-state index contributed by atoms with van der Waals surface area (Å²) in [5.74, 6) is 0.574. The van der Waals surface area contributed by atoms with Crippen molar-refractivity contribution in [3.05, 3.63) is 30.3 Å². The number of amides is 1. The Morgan fingerprint density at radius 3 is 2.73 bits per heavy atom. The van der Waals surface area contributed by atoms with Crippen molar-refractivity contribution < 1.29 is 14.4 Å². The number of rotatable bonds is 5. The van der Waals surface area contributed by atoms with Crippen molar-refractivity contribution in [2.24, 2.45) is 0 Å². The van der Waals surface area contributed by atoms with Crippen molar-refractivity contribution in [3.8, 4) is 5.75 Å². The quantitative estimate of drug-likeness (QED) is 0.598. The van der Waals surface area contributed by atoms with Crippen LogP contribution in [0.1, 0.15) is 19.8 Å². The number of unbranched alkanes of at least 4 members (excludes halogenated alkanes) is 1. The Morgan fingerprint density at radius 1 is 1.33 bits per heavy atom. The van der Waals surface area contributed by atoms with E-state index in [0.29, 0.717) is 12.4 Å². The fourth-order valence-corrected chi connectivity index (χ4v) is 0.928. The van der Waals surface area contributed by atoms with Crippen molar-refractivity contribution in [1.29, 1.82) is 0 Å². The number of carbonyl (C=O) groups excluding carboxylic acids is 1. The minimum atomic E-state index is -0.563. The summed E-state index contributed by atoms with van der Waals surface area (Å²) in [5, 5.41) is 0. The SMILES string of the molecule is CCCCOC(=O)NOc1ccccc1. The topological polar surface area (TPSA) is 47.6 Å². The molecule has 0 unspecified atom stereocenters. The van der Waals surface area contributed by atoms with Gasteiger partial charge < -0.3 is 9.57 Å². The standard InChI is InChI=1S/C11H15NO3/c1-2-3-9-14-11(13)12-15-10-7-5-4-6-8-10/h4-8H,2-3,9H2,1H3,(H,12,13). The minimum absolute atomic E-state index is 0.417. The molecular weight excluding hydrogens is 194 g/mol. The third-order valence-corrected chi connectivity index (χ3v) is 1.73. The van der Waals surface area contributed by atoms with Gasteiger partial charge in [0.15, 0.2) is 5.75 Å². The fraction of sp³-hybridized carbons (Fsp3) is 0.364. The van der Waals surface area contributed by atoms with E-state index in [1.54, 1.807) is 12.1 Å². The summed E-state index contributed by atoms with van der Waals surface area (Å²) in [6.45, 7) is 2.45. The number of benzene rings is 1. The first-order valence-electron chi connectivity index (χ1n) is 4.97. The van der Waals surface area contributed by atoms with E-state index in [1.165, 1.54) is 0 Å². The van der Waals surface area contributed by atoms with E-state index >= 15 is 0 Å². The molecule has 0 aromatic heterocycles. The van der Waals surface area contributed by atoms with E-state index in [1.807, 2.05) is 25.1 Å². The molecular formula is C11H15NO3. The first-order valence-corrected chi connectivity index (χ1v) is 4.97. The molecule has 15 heavy (non-hydrogen) atoms. The van der Waals surface area contributed by atoms with Gasteiger partial charge in [0.25, 0.3) is 0 Å². The molecule has 0 aliphatic rings. The molecule has 0 heterocycles. The van der Waals surface area contributed by atoms with Gasteiger partial charge >= 0.3 is 6.09 Å². The molecule has 0 radical (unpaired) electrons. The molecule has 1 aromatic carbocycles. The molecule has 0 aliphatic heterocycles. The zero-order chi connectivity index (χ0) is 10.9. The Bertz CT molecular complexity index is 287. The van der Waals surface area contributed by atoms with Crippen molar-refractivity contribution in [3.63, 3.8) is 0 Å². The van der Waals surface area contributed by atoms with E-state index in [-0.39, 0.29) is 0 Å². The van der Waals surface area contributed by atoms with Crippen LogP contribution < -0.4 is 10.3 Å². The Kier molecular flexibility index (Phi) is 5.08. The molecule has 0 saturated heterocycles. The molecule has 0 spiro atoms. The Hall–Kier alpha value is -1.71. The van der Waals surface area contributed by atoms with Crippen molar-refractivity contribution in [1.82, 2.24) is 5.48 Å². The normalized spacial score (nSPS) is 9.40. The molecule has 1 amide bonds. The lowest BCUT2D eigenvalue weighted by molar-refractivity contribution is 0.0989. The molecule has 1 N–H and O–H groups in total. The van der Waals surface area contributed by atoms with E-state index in [0.717, 1.165) is 12.8 Å². The third-order valence-electron chi connectivity index (χ3n) is 1.73. The second kappa shape index (κ2) is 6.70. The number of carbonyl (C=O) groups is 1. The fourth-order valence-electron chi connectivity index (χ4n) is 0.928. The number of hydroxylamine groups is 1. The van der Waals surface area contributed by atoms with Crippen LogP contribution in [0.25, 0.3) is 0 Å². The van der Waals surface area contributed by atoms with E-state index in [9.17, 15) is 4.79 Å². The average Bonchev–Trinajstić information content (AvgIpc) is 2.28. The Morgan fingerprint density at radius 2 is 2.07 bits per heavy atom. The zero-order valence-corrected chi connectivity index (χ0v) is 8.73. The lowest BCUT2D eigenvalue weighted by atomic mass is 10.3. The Balaban J connectivity index is 2.17. The molecule has 0 bridgehead atoms. The Labute approximate surface area is 89.1 Å². The monoisotopic (exact) mass is 209 g/mol. The minimum Gasteiger partial charge on any atom is -0.447 e. The maximum absolute atomic E-state index is 11.0. The predicted molar refractivity (Wildman–Crippen MR) is 56.5 cm³/mol. The van der Waals surface area contributed by atoms with Gasteiger partial charge in [-0.2, -0.15) is 5.48 Å². The van der Waals surface area contributed by atoms with Crippen LogP contribution in [0, 0.1) is 0 Å². The van der Waals surface area contributed by atoms with Gasteiger partial charge in [-0.25, -0.2) is 4.79 Å². The van der Waals surface area contributed by atoms with Gasteiger partial charge in [-0.3, -0.25) is 0 Å². The van der Waals surface area contributed by atoms with Gasteiger partial charge in [0.05, 0.1) is 6.61 Å². The number of hydrogen-bond donors (Lipinski definition) is 1. The number of nitrogens with one attached hydrogen (secondary N) is 1. The van der Waals surface area contributed by atoms with Gasteiger partial charge in [0.1, 0.15) is 0 Å². The van der Waals surface area contributed by atoms with Crippen molar-refractivity contribution >= 4 is 6.09 Å². The summed E-state index contributed by atoms with van der Waals surface area (Å²) in [5.41, 5.74) is 2.20. The van der Waals surface area contributed by atoms with E-state index < -0.39 is 6.09 Å². The third kappa shape index (κ3) is 4.90. The highest BCUT2D eigenvalue weighted by atomic mass is 16.7. The van der Waals surface area contributed by atoms with Gasteiger partial charge in [-0.15, -0.1) is 0 Å². The van der Waals surface area contributed by atoms with Gasteiger partial charge in [-0.1, -0.05) is 31.5 Å². The van der Waals surface area contributed by atoms with Crippen LogP contribution in [0.4, 0.5) is 4.79 Å². The van der Waals surface area contributed by atoms with Crippen molar-refractivity contribution in [2.75, 3.05) is 6.61 Å². The van der Waals surface area contributed by atoms with Crippen LogP contribution in [-0.2, 0) is 4.74 Å². The van der Waals surface area contributed by atoms with Crippen LogP contribution >= 0.6 is 0 Å². The zero-order valence-electron chi connectivity index (χ0n) is 8.73. The summed E-state index contributed by atoms with van der Waals surface area (Å²) in [6, 6.07) is 8.99. The second-order valence-corrected chi connectivity index (χ2v) is 3.01. The van der Waals surface area contributed by atoms with Gasteiger partial charge in [0.2, 0.25) is 0 Å². The highest BCUT2D eigenvalue weighted by molar-refractivity contribution is 5.66. The maximum atomic E-state index is 11.0. The molecule has 0 fully saturated rings. The molecule has 0 atom stereocenters. The number of para-hydroxylation sites is 1. The highest BCUT2D eigenvalue weighted by Gasteiger charge is 2.01. The number of hydrogen-bond acceptors (Lipinski definition) is 3. The first kappa shape index (κ1) is 11.4. The molecule has 4 heteroatoms. The first-order chi connectivity index (χ1) is 7.33. The highest BCUT2D eigenvalue weighted by Crippen LogP contribution is 2.06. The predicted octanol–water partition coefficient (Wildman–Crippen LogP) is 2.51. The molecule has 1 rings (SSSR count). The van der Waals surface area contributed by atoms with Crippen LogP contribution in [0.3, 0.4) is 0 Å². The smallest absolute Gasteiger partial charge is 0.440 e. The van der Waals surface area contributed by atoms with E-state index in [2.05, 4.69) is 5.48 Å². The molecule has 0 aliphatic carbocycles.